The molecule has 1 fully saturated rings. The minimum atomic E-state index is -0.231. The van der Waals surface area contributed by atoms with E-state index in [0.717, 1.165) is 45.9 Å². The monoisotopic (exact) mass is 428 g/mol. The molecule has 0 aromatic heterocycles. The van der Waals surface area contributed by atoms with E-state index in [9.17, 15) is 4.79 Å². The van der Waals surface area contributed by atoms with Crippen molar-refractivity contribution in [1.29, 1.82) is 0 Å². The Labute approximate surface area is 167 Å². The molecule has 0 N–H and O–H groups in total. The molecular formula is C21H21BrN2O3. The number of benzene rings is 2. The molecule has 2 aromatic carbocycles. The number of hydrogen-bond donors (Lipinski definition) is 0. The van der Waals surface area contributed by atoms with Crippen LogP contribution in [0.1, 0.15) is 18.1 Å². The third-order valence-electron chi connectivity index (χ3n) is 4.79. The van der Waals surface area contributed by atoms with Crippen LogP contribution in [-0.2, 0) is 4.74 Å². The summed E-state index contributed by atoms with van der Waals surface area (Å²) in [6, 6.07) is 14.1. The Bertz CT molecular complexity index is 889. The third kappa shape index (κ3) is 3.67. The van der Waals surface area contributed by atoms with Gasteiger partial charge in [-0.05, 0) is 43.3 Å². The quantitative estimate of drug-likeness (QED) is 0.686. The molecule has 0 bridgehead atoms. The minimum absolute atomic E-state index is 0.231. The fourth-order valence-electron chi connectivity index (χ4n) is 3.44. The van der Waals surface area contributed by atoms with Crippen LogP contribution in [0.3, 0.4) is 0 Å². The maximum absolute atomic E-state index is 12.0. The Morgan fingerprint density at radius 1 is 1.11 bits per heavy atom. The number of carbonyl (C=O) groups excluding carboxylic acids is 1. The highest BCUT2D eigenvalue weighted by Crippen LogP contribution is 2.40. The number of carbonyl (C=O) groups is 1. The maximum atomic E-state index is 12.0. The van der Waals surface area contributed by atoms with Crippen LogP contribution in [-0.4, -0.2) is 48.7 Å². The first-order chi connectivity index (χ1) is 13.2. The lowest BCUT2D eigenvalue weighted by molar-refractivity contribution is 0.0907. The average Bonchev–Trinajstić information content (AvgIpc) is 2.85. The van der Waals surface area contributed by atoms with Gasteiger partial charge >= 0.3 is 6.09 Å². The molecule has 0 atom stereocenters. The van der Waals surface area contributed by atoms with E-state index in [1.165, 1.54) is 0 Å². The zero-order valence-electron chi connectivity index (χ0n) is 15.2. The van der Waals surface area contributed by atoms with E-state index in [1.807, 2.05) is 37.3 Å². The molecule has 5 nitrogen and oxygen atoms in total. The zero-order valence-corrected chi connectivity index (χ0v) is 16.7. The molecule has 0 aliphatic carbocycles. The number of piperazine rings is 1. The molecule has 140 valence electrons. The Balaban J connectivity index is 1.65. The Morgan fingerprint density at radius 2 is 1.89 bits per heavy atom. The number of rotatable bonds is 2. The van der Waals surface area contributed by atoms with E-state index in [1.54, 1.807) is 4.90 Å². The molecule has 2 aliphatic heterocycles. The molecule has 0 radical (unpaired) electrons. The molecule has 2 heterocycles. The molecule has 0 unspecified atom stereocenters. The number of ether oxygens (including phenoxy) is 2. The standard InChI is InChI=1S/C21H21BrN2O3/c1-2-26-21(25)24-11-9-23(10-12-24)18-14-15-13-16(22)7-8-19(15)27-20-6-4-3-5-17(18)20/h3-8,13-14H,2,9-12H2,1H3. The minimum Gasteiger partial charge on any atom is -0.456 e. The van der Waals surface area contributed by atoms with E-state index in [-0.39, 0.29) is 6.09 Å². The predicted octanol–water partition coefficient (Wildman–Crippen LogP) is 4.83. The van der Waals surface area contributed by atoms with Crippen molar-refractivity contribution in [1.82, 2.24) is 9.80 Å². The van der Waals surface area contributed by atoms with Gasteiger partial charge in [-0.15, -0.1) is 0 Å². The second-order valence-electron chi connectivity index (χ2n) is 6.48. The van der Waals surface area contributed by atoms with Crippen LogP contribution in [0.5, 0.6) is 11.5 Å². The van der Waals surface area contributed by atoms with E-state index >= 15 is 0 Å². The third-order valence-corrected chi connectivity index (χ3v) is 5.29. The molecule has 0 spiro atoms. The van der Waals surface area contributed by atoms with Gasteiger partial charge in [0, 0.05) is 47.5 Å². The molecule has 2 aliphatic rings. The van der Waals surface area contributed by atoms with Crippen LogP contribution in [0.15, 0.2) is 46.9 Å². The van der Waals surface area contributed by atoms with Gasteiger partial charge in [0.2, 0.25) is 0 Å². The van der Waals surface area contributed by atoms with E-state index in [2.05, 4.69) is 39.0 Å². The number of nitrogens with zero attached hydrogens (tertiary/aromatic N) is 2. The second kappa shape index (κ2) is 7.64. The largest absolute Gasteiger partial charge is 0.456 e. The first-order valence-electron chi connectivity index (χ1n) is 9.11. The summed E-state index contributed by atoms with van der Waals surface area (Å²) >= 11 is 3.55. The Kier molecular flexibility index (Phi) is 5.07. The van der Waals surface area contributed by atoms with Crippen molar-refractivity contribution >= 4 is 33.8 Å². The van der Waals surface area contributed by atoms with Gasteiger partial charge in [-0.3, -0.25) is 0 Å². The fourth-order valence-corrected chi connectivity index (χ4v) is 3.82. The molecule has 0 saturated carbocycles. The van der Waals surface area contributed by atoms with Crippen LogP contribution in [0.2, 0.25) is 0 Å². The van der Waals surface area contributed by atoms with Crippen molar-refractivity contribution in [3.8, 4) is 11.5 Å². The zero-order chi connectivity index (χ0) is 18.8. The summed E-state index contributed by atoms with van der Waals surface area (Å²) in [5.74, 6) is 1.68. The molecular weight excluding hydrogens is 408 g/mol. The van der Waals surface area contributed by atoms with Crippen molar-refractivity contribution in [2.45, 2.75) is 6.92 Å². The van der Waals surface area contributed by atoms with Crippen molar-refractivity contribution in [2.75, 3.05) is 32.8 Å². The molecule has 2 aromatic rings. The summed E-state index contributed by atoms with van der Waals surface area (Å²) in [7, 11) is 0. The number of fused-ring (bicyclic) bond motifs is 2. The summed E-state index contributed by atoms with van der Waals surface area (Å²) in [5.41, 5.74) is 3.21. The van der Waals surface area contributed by atoms with Crippen LogP contribution >= 0.6 is 15.9 Å². The van der Waals surface area contributed by atoms with Gasteiger partial charge in [0.15, 0.2) is 0 Å². The Morgan fingerprint density at radius 3 is 2.67 bits per heavy atom. The van der Waals surface area contributed by atoms with Crippen molar-refractivity contribution < 1.29 is 14.3 Å². The molecule has 1 amide bonds. The molecule has 6 heteroatoms. The fraction of sp³-hybridized carbons (Fsp3) is 0.286. The predicted molar refractivity (Wildman–Crippen MR) is 109 cm³/mol. The number of para-hydroxylation sites is 1. The van der Waals surface area contributed by atoms with Gasteiger partial charge < -0.3 is 19.3 Å². The molecule has 1 saturated heterocycles. The first kappa shape index (κ1) is 17.9. The first-order valence-corrected chi connectivity index (χ1v) is 9.90. The van der Waals surface area contributed by atoms with Gasteiger partial charge in [-0.1, -0.05) is 28.1 Å². The highest BCUT2D eigenvalue weighted by Gasteiger charge is 2.26. The topological polar surface area (TPSA) is 42.0 Å². The van der Waals surface area contributed by atoms with Crippen LogP contribution in [0, 0.1) is 0 Å². The van der Waals surface area contributed by atoms with Gasteiger partial charge in [0.1, 0.15) is 11.5 Å². The number of amides is 1. The summed E-state index contributed by atoms with van der Waals surface area (Å²) in [6.45, 7) is 5.03. The van der Waals surface area contributed by atoms with Crippen LogP contribution < -0.4 is 4.74 Å². The average molecular weight is 429 g/mol. The van der Waals surface area contributed by atoms with Crippen molar-refractivity contribution in [2.24, 2.45) is 0 Å². The highest BCUT2D eigenvalue weighted by molar-refractivity contribution is 9.10. The lowest BCUT2D eigenvalue weighted by Crippen LogP contribution is -2.48. The van der Waals surface area contributed by atoms with Gasteiger partial charge in [-0.25, -0.2) is 4.79 Å². The van der Waals surface area contributed by atoms with Crippen LogP contribution in [0.4, 0.5) is 4.79 Å². The summed E-state index contributed by atoms with van der Waals surface area (Å²) in [4.78, 5) is 16.1. The van der Waals surface area contributed by atoms with Gasteiger partial charge in [0.05, 0.1) is 6.61 Å². The van der Waals surface area contributed by atoms with E-state index < -0.39 is 0 Å². The van der Waals surface area contributed by atoms with E-state index in [4.69, 9.17) is 9.47 Å². The Hall–Kier alpha value is -2.47. The highest BCUT2D eigenvalue weighted by atomic mass is 79.9. The summed E-state index contributed by atoms with van der Waals surface area (Å²) in [5, 5.41) is 0. The summed E-state index contributed by atoms with van der Waals surface area (Å²) in [6.07, 6.45) is 1.94. The molecule has 27 heavy (non-hydrogen) atoms. The van der Waals surface area contributed by atoms with Gasteiger partial charge in [0.25, 0.3) is 0 Å². The maximum Gasteiger partial charge on any atom is 0.409 e. The molecule has 4 rings (SSSR count). The van der Waals surface area contributed by atoms with Crippen molar-refractivity contribution in [3.63, 3.8) is 0 Å². The number of halogens is 1. The van der Waals surface area contributed by atoms with E-state index in [0.29, 0.717) is 19.7 Å². The SMILES string of the molecule is CCOC(=O)N1CCN(C2=Cc3cc(Br)ccc3Oc3ccccc32)CC1. The lowest BCUT2D eigenvalue weighted by atomic mass is 10.1. The van der Waals surface area contributed by atoms with Crippen LogP contribution in [0.25, 0.3) is 11.8 Å². The normalized spacial score (nSPS) is 15.9. The van der Waals surface area contributed by atoms with Gasteiger partial charge in [-0.2, -0.15) is 0 Å². The van der Waals surface area contributed by atoms with Crippen molar-refractivity contribution in [3.05, 3.63) is 58.1 Å². The smallest absolute Gasteiger partial charge is 0.409 e. The summed E-state index contributed by atoms with van der Waals surface area (Å²) < 4.78 is 12.3. The second-order valence-corrected chi connectivity index (χ2v) is 7.40. The lowest BCUT2D eigenvalue weighted by Gasteiger charge is -2.36. The number of hydrogen-bond acceptors (Lipinski definition) is 4.